The topological polar surface area (TPSA) is 87.6 Å². The number of pyridine rings is 1. The maximum absolute atomic E-state index is 11.5. The SMILES string of the molecule is CCNC(=NCc1ccc(OC)nc1)NCCNC(=O)C1CC1.I. The first-order chi connectivity index (χ1) is 11.2. The van der Waals surface area contributed by atoms with Crippen molar-refractivity contribution in [2.24, 2.45) is 10.9 Å². The van der Waals surface area contributed by atoms with Crippen molar-refractivity contribution >= 4 is 35.8 Å². The molecule has 8 heteroatoms. The monoisotopic (exact) mass is 447 g/mol. The van der Waals surface area contributed by atoms with E-state index in [0.29, 0.717) is 25.5 Å². The number of guanidine groups is 1. The standard InChI is InChI=1S/C16H25N5O2.HI/c1-3-17-16(19-9-8-18-15(22)13-5-6-13)21-11-12-4-7-14(23-2)20-10-12;/h4,7,10,13H,3,5-6,8-9,11H2,1-2H3,(H,18,22)(H2,17,19,21);1H. The lowest BCUT2D eigenvalue weighted by Crippen LogP contribution is -2.41. The average molecular weight is 447 g/mol. The number of amides is 1. The molecule has 1 saturated carbocycles. The van der Waals surface area contributed by atoms with E-state index in [9.17, 15) is 4.79 Å². The van der Waals surface area contributed by atoms with Crippen molar-refractivity contribution in [3.63, 3.8) is 0 Å². The van der Waals surface area contributed by atoms with Gasteiger partial charge in [0.25, 0.3) is 0 Å². The van der Waals surface area contributed by atoms with Crippen LogP contribution in [-0.2, 0) is 11.3 Å². The molecule has 0 saturated heterocycles. The molecule has 1 aliphatic rings. The number of carbonyl (C=O) groups is 1. The Bertz CT molecular complexity index is 532. The Morgan fingerprint density at radius 1 is 1.29 bits per heavy atom. The number of carbonyl (C=O) groups excluding carboxylic acids is 1. The van der Waals surface area contributed by atoms with Crippen LogP contribution in [0.3, 0.4) is 0 Å². The van der Waals surface area contributed by atoms with E-state index in [1.165, 1.54) is 0 Å². The average Bonchev–Trinajstić information content (AvgIpc) is 3.41. The molecule has 24 heavy (non-hydrogen) atoms. The van der Waals surface area contributed by atoms with E-state index >= 15 is 0 Å². The minimum Gasteiger partial charge on any atom is -0.481 e. The highest BCUT2D eigenvalue weighted by atomic mass is 127. The molecule has 0 atom stereocenters. The van der Waals surface area contributed by atoms with E-state index < -0.39 is 0 Å². The summed E-state index contributed by atoms with van der Waals surface area (Å²) in [5, 5.41) is 9.31. The van der Waals surface area contributed by atoms with Crippen molar-refractivity contribution in [1.82, 2.24) is 20.9 Å². The van der Waals surface area contributed by atoms with Crippen LogP contribution >= 0.6 is 24.0 Å². The fraction of sp³-hybridized carbons (Fsp3) is 0.562. The van der Waals surface area contributed by atoms with Crippen LogP contribution in [0, 0.1) is 5.92 Å². The first kappa shape index (κ1) is 20.5. The van der Waals surface area contributed by atoms with Gasteiger partial charge in [-0.25, -0.2) is 9.98 Å². The van der Waals surface area contributed by atoms with Crippen LogP contribution in [0.25, 0.3) is 0 Å². The summed E-state index contributed by atoms with van der Waals surface area (Å²) in [4.78, 5) is 20.2. The minimum absolute atomic E-state index is 0. The Kier molecular flexibility index (Phi) is 9.43. The van der Waals surface area contributed by atoms with Gasteiger partial charge >= 0.3 is 0 Å². The van der Waals surface area contributed by atoms with E-state index in [4.69, 9.17) is 4.74 Å². The zero-order chi connectivity index (χ0) is 16.5. The van der Waals surface area contributed by atoms with Crippen molar-refractivity contribution < 1.29 is 9.53 Å². The second-order valence-corrected chi connectivity index (χ2v) is 5.40. The van der Waals surface area contributed by atoms with E-state index in [2.05, 4.69) is 25.9 Å². The lowest BCUT2D eigenvalue weighted by Gasteiger charge is -2.11. The molecule has 0 unspecified atom stereocenters. The maximum atomic E-state index is 11.5. The van der Waals surface area contributed by atoms with Gasteiger partial charge in [0.05, 0.1) is 13.7 Å². The summed E-state index contributed by atoms with van der Waals surface area (Å²) in [6.07, 6.45) is 3.81. The van der Waals surface area contributed by atoms with Gasteiger partial charge in [-0.2, -0.15) is 0 Å². The fourth-order valence-corrected chi connectivity index (χ4v) is 1.99. The molecule has 7 nitrogen and oxygen atoms in total. The number of rotatable bonds is 8. The van der Waals surface area contributed by atoms with Crippen molar-refractivity contribution in [3.8, 4) is 5.88 Å². The van der Waals surface area contributed by atoms with Crippen LogP contribution < -0.4 is 20.7 Å². The number of hydrogen-bond donors (Lipinski definition) is 3. The highest BCUT2D eigenvalue weighted by Crippen LogP contribution is 2.28. The molecule has 1 aromatic rings. The molecule has 0 bridgehead atoms. The van der Waals surface area contributed by atoms with E-state index in [1.54, 1.807) is 13.3 Å². The zero-order valence-corrected chi connectivity index (χ0v) is 16.5. The normalized spacial score (nSPS) is 13.7. The fourth-order valence-electron chi connectivity index (χ4n) is 1.99. The van der Waals surface area contributed by atoms with Gasteiger partial charge in [0.15, 0.2) is 5.96 Å². The first-order valence-electron chi connectivity index (χ1n) is 8.01. The van der Waals surface area contributed by atoms with Crippen LogP contribution in [0.1, 0.15) is 25.3 Å². The summed E-state index contributed by atoms with van der Waals surface area (Å²) < 4.78 is 5.03. The number of halogens is 1. The largest absolute Gasteiger partial charge is 0.481 e. The van der Waals surface area contributed by atoms with E-state index in [1.807, 2.05) is 19.1 Å². The quantitative estimate of drug-likeness (QED) is 0.242. The predicted octanol–water partition coefficient (Wildman–Crippen LogP) is 1.29. The predicted molar refractivity (Wildman–Crippen MR) is 105 cm³/mol. The number of ether oxygens (including phenoxy) is 1. The van der Waals surface area contributed by atoms with Gasteiger partial charge in [-0.3, -0.25) is 4.79 Å². The van der Waals surface area contributed by atoms with Gasteiger partial charge in [0.1, 0.15) is 0 Å². The molecule has 2 rings (SSSR count). The Hall–Kier alpha value is -1.58. The van der Waals surface area contributed by atoms with Crippen LogP contribution in [-0.4, -0.2) is 43.6 Å². The molecular formula is C16H26IN5O2. The summed E-state index contributed by atoms with van der Waals surface area (Å²) >= 11 is 0. The summed E-state index contributed by atoms with van der Waals surface area (Å²) in [7, 11) is 1.59. The summed E-state index contributed by atoms with van der Waals surface area (Å²) in [5.41, 5.74) is 1.00. The van der Waals surface area contributed by atoms with Gasteiger partial charge in [-0.1, -0.05) is 6.07 Å². The van der Waals surface area contributed by atoms with Crippen molar-refractivity contribution in [3.05, 3.63) is 23.9 Å². The van der Waals surface area contributed by atoms with Crippen molar-refractivity contribution in [2.75, 3.05) is 26.7 Å². The van der Waals surface area contributed by atoms with Crippen molar-refractivity contribution in [2.45, 2.75) is 26.3 Å². The number of aliphatic imine (C=N–C) groups is 1. The molecule has 1 aliphatic carbocycles. The molecule has 134 valence electrons. The lowest BCUT2D eigenvalue weighted by molar-refractivity contribution is -0.122. The Morgan fingerprint density at radius 3 is 2.62 bits per heavy atom. The van der Waals surface area contributed by atoms with Crippen LogP contribution in [0.4, 0.5) is 0 Å². The highest BCUT2D eigenvalue weighted by Gasteiger charge is 2.28. The number of nitrogens with zero attached hydrogens (tertiary/aromatic N) is 2. The van der Waals surface area contributed by atoms with Crippen molar-refractivity contribution in [1.29, 1.82) is 0 Å². The number of aromatic nitrogens is 1. The summed E-state index contributed by atoms with van der Waals surface area (Å²) in [6.45, 7) is 4.57. The second-order valence-electron chi connectivity index (χ2n) is 5.40. The number of nitrogens with one attached hydrogen (secondary N) is 3. The van der Waals surface area contributed by atoms with Gasteiger partial charge in [-0.05, 0) is 25.3 Å². The Morgan fingerprint density at radius 2 is 2.04 bits per heavy atom. The van der Waals surface area contributed by atoms with Crippen LogP contribution in [0.2, 0.25) is 0 Å². The van der Waals surface area contributed by atoms with Gasteiger partial charge in [0, 0.05) is 37.8 Å². The van der Waals surface area contributed by atoms with Gasteiger partial charge in [0.2, 0.25) is 11.8 Å². The molecule has 1 heterocycles. The molecule has 1 aromatic heterocycles. The summed E-state index contributed by atoms with van der Waals surface area (Å²) in [6, 6.07) is 3.76. The molecular weight excluding hydrogens is 421 g/mol. The molecule has 0 aliphatic heterocycles. The molecule has 0 spiro atoms. The van der Waals surface area contributed by atoms with E-state index in [-0.39, 0.29) is 35.8 Å². The van der Waals surface area contributed by atoms with Gasteiger partial charge < -0.3 is 20.7 Å². The highest BCUT2D eigenvalue weighted by molar-refractivity contribution is 14.0. The van der Waals surface area contributed by atoms with E-state index in [0.717, 1.165) is 30.9 Å². The smallest absolute Gasteiger partial charge is 0.223 e. The molecule has 3 N–H and O–H groups in total. The number of hydrogen-bond acceptors (Lipinski definition) is 4. The Labute approximate surface area is 160 Å². The maximum Gasteiger partial charge on any atom is 0.223 e. The number of methoxy groups -OCH3 is 1. The van der Waals surface area contributed by atoms with Gasteiger partial charge in [-0.15, -0.1) is 24.0 Å². The third-order valence-electron chi connectivity index (χ3n) is 3.44. The Balaban J connectivity index is 0.00000288. The zero-order valence-electron chi connectivity index (χ0n) is 14.2. The summed E-state index contributed by atoms with van der Waals surface area (Å²) in [5.74, 6) is 1.73. The molecule has 1 fully saturated rings. The third kappa shape index (κ3) is 7.33. The van der Waals surface area contributed by atoms with Crippen LogP contribution in [0.15, 0.2) is 23.3 Å². The molecule has 0 radical (unpaired) electrons. The van der Waals surface area contributed by atoms with Crippen LogP contribution in [0.5, 0.6) is 5.88 Å². The third-order valence-corrected chi connectivity index (χ3v) is 3.44. The lowest BCUT2D eigenvalue weighted by atomic mass is 10.3. The first-order valence-corrected chi connectivity index (χ1v) is 8.01. The molecule has 0 aromatic carbocycles. The second kappa shape index (κ2) is 11.1. The minimum atomic E-state index is 0. The molecule has 1 amide bonds.